The normalized spacial score (nSPS) is 15.0. The first-order chi connectivity index (χ1) is 13.3. The summed E-state index contributed by atoms with van der Waals surface area (Å²) < 4.78 is 15.4. The number of allylic oxidation sites excluding steroid dienone is 3. The lowest BCUT2D eigenvalue weighted by molar-refractivity contribution is -0.402. The van der Waals surface area contributed by atoms with Gasteiger partial charge in [-0.3, -0.25) is 10.1 Å². The highest BCUT2D eigenvalue weighted by molar-refractivity contribution is 5.98. The average Bonchev–Trinajstić information content (AvgIpc) is 3.09. The number of nitrogens with zero attached hydrogens (tertiary/aromatic N) is 1. The van der Waals surface area contributed by atoms with Crippen LogP contribution in [0.5, 0.6) is 0 Å². The molecule has 0 spiro atoms. The number of hydrogen-bond donors (Lipinski definition) is 1. The van der Waals surface area contributed by atoms with E-state index in [9.17, 15) is 19.7 Å². The van der Waals surface area contributed by atoms with E-state index in [2.05, 4.69) is 5.32 Å². The molecule has 0 unspecified atom stereocenters. The molecule has 0 radical (unpaired) electrons. The van der Waals surface area contributed by atoms with Gasteiger partial charge in [0, 0.05) is 17.3 Å². The maximum atomic E-state index is 12.5. The van der Waals surface area contributed by atoms with E-state index in [1.165, 1.54) is 18.2 Å². The predicted molar refractivity (Wildman–Crippen MR) is 99.7 cm³/mol. The summed E-state index contributed by atoms with van der Waals surface area (Å²) in [5.74, 6) is -2.08. The molecule has 0 aromatic carbocycles. The highest BCUT2D eigenvalue weighted by Gasteiger charge is 2.35. The van der Waals surface area contributed by atoms with Crippen LogP contribution in [0.1, 0.15) is 33.5 Å². The maximum absolute atomic E-state index is 12.5. The first-order valence-corrected chi connectivity index (χ1v) is 8.75. The second kappa shape index (κ2) is 9.03. The number of esters is 2. The Balaban J connectivity index is 2.48. The highest BCUT2D eigenvalue weighted by Crippen LogP contribution is 2.33. The quantitative estimate of drug-likeness (QED) is 0.428. The molecule has 28 heavy (non-hydrogen) atoms. The van der Waals surface area contributed by atoms with Gasteiger partial charge in [0.15, 0.2) is 0 Å². The summed E-state index contributed by atoms with van der Waals surface area (Å²) in [5, 5.41) is 13.8. The van der Waals surface area contributed by atoms with Crippen molar-refractivity contribution in [3.63, 3.8) is 0 Å². The van der Waals surface area contributed by atoms with E-state index in [1.807, 2.05) is 0 Å². The second-order valence-electron chi connectivity index (χ2n) is 5.91. The minimum absolute atomic E-state index is 0.174. The molecule has 0 amide bonds. The van der Waals surface area contributed by atoms with Gasteiger partial charge in [-0.2, -0.15) is 0 Å². The van der Waals surface area contributed by atoms with Crippen LogP contribution in [0.2, 0.25) is 0 Å². The number of hydrogen-bond acceptors (Lipinski definition) is 8. The summed E-state index contributed by atoms with van der Waals surface area (Å²) in [5.41, 5.74) is 1.61. The minimum atomic E-state index is -0.761. The highest BCUT2D eigenvalue weighted by atomic mass is 16.6. The lowest BCUT2D eigenvalue weighted by Crippen LogP contribution is -2.32. The van der Waals surface area contributed by atoms with Crippen LogP contribution in [-0.2, 0) is 19.1 Å². The molecule has 9 heteroatoms. The third-order valence-corrected chi connectivity index (χ3v) is 4.04. The monoisotopic (exact) mass is 390 g/mol. The number of furan rings is 1. The van der Waals surface area contributed by atoms with Gasteiger partial charge < -0.3 is 19.2 Å². The molecule has 1 N–H and O–H groups in total. The number of nitrogens with one attached hydrogen (secondary N) is 1. The van der Waals surface area contributed by atoms with Crippen molar-refractivity contribution >= 4 is 23.9 Å². The fraction of sp³-hybridized carbons (Fsp3) is 0.368. The zero-order valence-corrected chi connectivity index (χ0v) is 16.1. The Bertz CT molecular complexity index is 837. The number of carbonyl (C=O) groups is 2. The third-order valence-electron chi connectivity index (χ3n) is 4.04. The number of ether oxygens (including phenoxy) is 2. The molecule has 0 bridgehead atoms. The van der Waals surface area contributed by atoms with E-state index < -0.39 is 28.7 Å². The molecule has 0 fully saturated rings. The predicted octanol–water partition coefficient (Wildman–Crippen LogP) is 3.09. The summed E-state index contributed by atoms with van der Waals surface area (Å²) in [6.45, 7) is 7.13. The second-order valence-corrected chi connectivity index (χ2v) is 5.91. The lowest BCUT2D eigenvalue weighted by atomic mass is 9.85. The Morgan fingerprint density at radius 1 is 1.14 bits per heavy atom. The van der Waals surface area contributed by atoms with Crippen LogP contribution in [-0.4, -0.2) is 30.1 Å². The van der Waals surface area contributed by atoms with Crippen LogP contribution < -0.4 is 5.32 Å². The Labute approximate surface area is 161 Å². The molecule has 0 saturated carbocycles. The van der Waals surface area contributed by atoms with Crippen LogP contribution in [0.3, 0.4) is 0 Å². The largest absolute Gasteiger partial charge is 0.463 e. The zero-order valence-electron chi connectivity index (χ0n) is 16.1. The Kier molecular flexibility index (Phi) is 6.75. The third kappa shape index (κ3) is 4.48. The van der Waals surface area contributed by atoms with Crippen molar-refractivity contribution in [2.75, 3.05) is 13.2 Å². The van der Waals surface area contributed by atoms with Crippen LogP contribution in [0.4, 0.5) is 5.88 Å². The van der Waals surface area contributed by atoms with Crippen molar-refractivity contribution in [2.24, 2.45) is 5.92 Å². The number of dihydropyridines is 1. The van der Waals surface area contributed by atoms with Crippen molar-refractivity contribution < 1.29 is 28.4 Å². The van der Waals surface area contributed by atoms with Crippen molar-refractivity contribution in [1.29, 1.82) is 0 Å². The smallest absolute Gasteiger partial charge is 0.433 e. The first kappa shape index (κ1) is 20.9. The fourth-order valence-corrected chi connectivity index (χ4v) is 2.92. The molecule has 1 aliphatic rings. The Hall–Kier alpha value is -3.36. The number of carbonyl (C=O) groups excluding carboxylic acids is 2. The van der Waals surface area contributed by atoms with Gasteiger partial charge in [0.25, 0.3) is 0 Å². The number of rotatable bonds is 7. The summed E-state index contributed by atoms with van der Waals surface area (Å²) in [6.07, 6.45) is 3.04. The molecule has 0 saturated heterocycles. The summed E-state index contributed by atoms with van der Waals surface area (Å²) in [4.78, 5) is 35.2. The zero-order chi connectivity index (χ0) is 20.8. The van der Waals surface area contributed by atoms with Gasteiger partial charge in [0.05, 0.1) is 30.4 Å². The van der Waals surface area contributed by atoms with Crippen molar-refractivity contribution in [3.8, 4) is 0 Å². The van der Waals surface area contributed by atoms with E-state index >= 15 is 0 Å². The van der Waals surface area contributed by atoms with E-state index in [4.69, 9.17) is 13.9 Å². The maximum Gasteiger partial charge on any atom is 0.433 e. The lowest BCUT2D eigenvalue weighted by Gasteiger charge is -2.28. The molecule has 2 heterocycles. The fourth-order valence-electron chi connectivity index (χ4n) is 2.92. The van der Waals surface area contributed by atoms with E-state index in [0.29, 0.717) is 11.4 Å². The van der Waals surface area contributed by atoms with Crippen LogP contribution in [0.15, 0.2) is 45.2 Å². The summed E-state index contributed by atoms with van der Waals surface area (Å²) in [6, 6.07) is 2.65. The van der Waals surface area contributed by atoms with Gasteiger partial charge in [-0.25, -0.2) is 9.59 Å². The Morgan fingerprint density at radius 3 is 2.11 bits per heavy atom. The average molecular weight is 390 g/mol. The molecule has 0 atom stereocenters. The first-order valence-electron chi connectivity index (χ1n) is 8.75. The molecule has 1 aromatic rings. The van der Waals surface area contributed by atoms with Crippen LogP contribution >= 0.6 is 0 Å². The van der Waals surface area contributed by atoms with Gasteiger partial charge in [-0.1, -0.05) is 6.08 Å². The van der Waals surface area contributed by atoms with E-state index in [1.54, 1.807) is 33.8 Å². The number of nitro groups is 1. The van der Waals surface area contributed by atoms with E-state index in [0.717, 1.165) is 0 Å². The van der Waals surface area contributed by atoms with Gasteiger partial charge in [0.1, 0.15) is 10.7 Å². The SMILES string of the molecule is CCOC(=O)C1=C(C)NC(C)=C(C(=O)OCC)C1/C=C/c1ccc([N+](=O)[O-])o1. The molecular formula is C19H22N2O7. The van der Waals surface area contributed by atoms with Gasteiger partial charge >= 0.3 is 17.8 Å². The van der Waals surface area contributed by atoms with Crippen molar-refractivity contribution in [3.05, 3.63) is 56.6 Å². The summed E-state index contributed by atoms with van der Waals surface area (Å²) >= 11 is 0. The topological polar surface area (TPSA) is 121 Å². The van der Waals surface area contributed by atoms with Crippen LogP contribution in [0.25, 0.3) is 6.08 Å². The van der Waals surface area contributed by atoms with Crippen molar-refractivity contribution in [1.82, 2.24) is 5.32 Å². The standard InChI is InChI=1S/C19H22N2O7/c1-5-26-18(22)16-11(3)20-12(4)17(19(23)27-6-2)14(16)9-7-13-8-10-15(28-13)21(24)25/h7-10,14,20H,5-6H2,1-4H3/b9-7+. The molecular weight excluding hydrogens is 368 g/mol. The van der Waals surface area contributed by atoms with Gasteiger partial charge in [0.2, 0.25) is 0 Å². The van der Waals surface area contributed by atoms with E-state index in [-0.39, 0.29) is 30.1 Å². The minimum Gasteiger partial charge on any atom is -0.463 e. The molecule has 150 valence electrons. The molecule has 9 nitrogen and oxygen atoms in total. The molecule has 2 rings (SSSR count). The van der Waals surface area contributed by atoms with Gasteiger partial charge in [-0.15, -0.1) is 0 Å². The molecule has 1 aliphatic heterocycles. The van der Waals surface area contributed by atoms with Gasteiger partial charge in [-0.05, 0) is 39.8 Å². The Morgan fingerprint density at radius 2 is 1.68 bits per heavy atom. The molecule has 1 aromatic heterocycles. The summed E-state index contributed by atoms with van der Waals surface area (Å²) in [7, 11) is 0. The molecule has 0 aliphatic carbocycles. The van der Waals surface area contributed by atoms with Crippen molar-refractivity contribution in [2.45, 2.75) is 27.7 Å². The van der Waals surface area contributed by atoms with Crippen LogP contribution in [0, 0.1) is 16.0 Å².